The number of sulfonamides is 1. The van der Waals surface area contributed by atoms with Gasteiger partial charge in [-0.1, -0.05) is 0 Å². The van der Waals surface area contributed by atoms with Crippen LogP contribution in [0.15, 0.2) is 11.1 Å². The van der Waals surface area contributed by atoms with Crippen molar-refractivity contribution >= 4 is 10.0 Å². The van der Waals surface area contributed by atoms with Crippen LogP contribution in [0.3, 0.4) is 0 Å². The fourth-order valence-corrected chi connectivity index (χ4v) is 3.50. The van der Waals surface area contributed by atoms with Crippen molar-refractivity contribution in [2.24, 2.45) is 0 Å². The molecule has 1 saturated heterocycles. The monoisotopic (exact) mass is 274 g/mol. The van der Waals surface area contributed by atoms with Crippen LogP contribution in [-0.2, 0) is 10.0 Å². The molecular formula is C10H18N4O3S. The van der Waals surface area contributed by atoms with Crippen molar-refractivity contribution in [1.82, 2.24) is 19.8 Å². The second kappa shape index (κ2) is 4.61. The molecule has 7 nitrogen and oxygen atoms in total. The molecule has 0 bridgehead atoms. The van der Waals surface area contributed by atoms with Crippen molar-refractivity contribution in [3.63, 3.8) is 0 Å². The zero-order valence-electron chi connectivity index (χ0n) is 10.5. The van der Waals surface area contributed by atoms with Gasteiger partial charge in [0.25, 0.3) is 0 Å². The van der Waals surface area contributed by atoms with Gasteiger partial charge in [0, 0.05) is 20.1 Å². The molecular weight excluding hydrogens is 256 g/mol. The van der Waals surface area contributed by atoms with Crippen LogP contribution in [0.25, 0.3) is 0 Å². The van der Waals surface area contributed by atoms with Crippen molar-refractivity contribution in [2.75, 3.05) is 26.7 Å². The lowest BCUT2D eigenvalue weighted by atomic mass is 10.0. The molecule has 1 atom stereocenters. The van der Waals surface area contributed by atoms with E-state index in [0.29, 0.717) is 25.2 Å². The highest BCUT2D eigenvalue weighted by Gasteiger charge is 2.36. The molecule has 0 radical (unpaired) electrons. The van der Waals surface area contributed by atoms with Gasteiger partial charge in [-0.15, -0.1) is 0 Å². The number of aliphatic hydroxyl groups is 1. The zero-order valence-corrected chi connectivity index (χ0v) is 11.3. The highest BCUT2D eigenvalue weighted by molar-refractivity contribution is 7.89. The summed E-state index contributed by atoms with van der Waals surface area (Å²) in [6.45, 7) is 2.85. The average Bonchev–Trinajstić information content (AvgIpc) is 2.87. The van der Waals surface area contributed by atoms with Crippen molar-refractivity contribution in [3.05, 3.63) is 11.9 Å². The van der Waals surface area contributed by atoms with Crippen molar-refractivity contribution < 1.29 is 13.5 Å². The lowest BCUT2D eigenvalue weighted by molar-refractivity contribution is 0.0462. The first kappa shape index (κ1) is 13.5. The van der Waals surface area contributed by atoms with Gasteiger partial charge in [-0.05, 0) is 19.9 Å². The number of β-amino-alcohol motifs (C(OH)–C–C–N with tert-alkyl or cyclic N) is 1. The smallest absolute Gasteiger partial charge is 0.246 e. The Hall–Kier alpha value is -0.960. The zero-order chi connectivity index (χ0) is 13.4. The summed E-state index contributed by atoms with van der Waals surface area (Å²) in [5, 5.41) is 19.5. The van der Waals surface area contributed by atoms with Gasteiger partial charge < -0.3 is 10.4 Å². The number of aryl methyl sites for hydroxylation is 1. The molecule has 1 aliphatic heterocycles. The van der Waals surface area contributed by atoms with Crippen LogP contribution in [0.4, 0.5) is 0 Å². The third-order valence-electron chi connectivity index (χ3n) is 3.21. The van der Waals surface area contributed by atoms with Crippen LogP contribution in [0, 0.1) is 6.92 Å². The number of hydrogen-bond donors (Lipinski definition) is 3. The van der Waals surface area contributed by atoms with Crippen LogP contribution >= 0.6 is 0 Å². The number of aromatic nitrogens is 2. The largest absolute Gasteiger partial charge is 0.387 e. The second-order valence-electron chi connectivity index (χ2n) is 4.77. The number of nitrogens with one attached hydrogen (secondary N) is 2. The molecule has 0 spiro atoms. The van der Waals surface area contributed by atoms with E-state index >= 15 is 0 Å². The van der Waals surface area contributed by atoms with E-state index in [4.69, 9.17) is 0 Å². The number of hydrogen-bond acceptors (Lipinski definition) is 5. The Morgan fingerprint density at radius 2 is 2.33 bits per heavy atom. The van der Waals surface area contributed by atoms with Gasteiger partial charge in [0.05, 0.1) is 17.5 Å². The standard InChI is InChI=1S/C10H18N4O3S/c1-8-9(5-12-13-8)18(16,17)14(2)7-10(15)3-4-11-6-10/h5,11,15H,3-4,6-7H2,1-2H3,(H,12,13). The summed E-state index contributed by atoms with van der Waals surface area (Å²) in [5.74, 6) is 0. The van der Waals surface area contributed by atoms with Crippen LogP contribution < -0.4 is 5.32 Å². The molecule has 0 aliphatic carbocycles. The molecule has 18 heavy (non-hydrogen) atoms. The number of aromatic amines is 1. The maximum absolute atomic E-state index is 12.3. The van der Waals surface area contributed by atoms with Gasteiger partial charge in [-0.2, -0.15) is 9.40 Å². The molecule has 0 aromatic carbocycles. The highest BCUT2D eigenvalue weighted by Crippen LogP contribution is 2.21. The lowest BCUT2D eigenvalue weighted by Gasteiger charge is -2.27. The number of nitrogens with zero attached hydrogens (tertiary/aromatic N) is 2. The molecule has 3 N–H and O–H groups in total. The normalized spacial score (nSPS) is 24.9. The van der Waals surface area contributed by atoms with Crippen molar-refractivity contribution in [1.29, 1.82) is 0 Å². The molecule has 2 rings (SSSR count). The number of H-pyrrole nitrogens is 1. The van der Waals surface area contributed by atoms with Crippen molar-refractivity contribution in [2.45, 2.75) is 23.8 Å². The first-order chi connectivity index (χ1) is 8.35. The molecule has 102 valence electrons. The quantitative estimate of drug-likeness (QED) is 0.658. The first-order valence-corrected chi connectivity index (χ1v) is 7.19. The van der Waals surface area contributed by atoms with Gasteiger partial charge in [0.1, 0.15) is 4.90 Å². The van der Waals surface area contributed by atoms with Gasteiger partial charge in [0.2, 0.25) is 10.0 Å². The summed E-state index contributed by atoms with van der Waals surface area (Å²) in [6, 6.07) is 0. The van der Waals surface area contributed by atoms with Gasteiger partial charge in [-0.25, -0.2) is 8.42 Å². The van der Waals surface area contributed by atoms with Gasteiger partial charge in [0.15, 0.2) is 0 Å². The van der Waals surface area contributed by atoms with Crippen LogP contribution in [0.1, 0.15) is 12.1 Å². The third-order valence-corrected chi connectivity index (χ3v) is 5.13. The molecule has 1 unspecified atom stereocenters. The minimum atomic E-state index is -3.60. The highest BCUT2D eigenvalue weighted by atomic mass is 32.2. The predicted octanol–water partition coefficient (Wildman–Crippen LogP) is -0.937. The van der Waals surface area contributed by atoms with E-state index in [0.717, 1.165) is 0 Å². The topological polar surface area (TPSA) is 98.3 Å². The van der Waals surface area contributed by atoms with Gasteiger partial charge >= 0.3 is 0 Å². The SMILES string of the molecule is Cc1[nH]ncc1S(=O)(=O)N(C)CC1(O)CCNC1. The minimum absolute atomic E-state index is 0.0763. The van der Waals surface area contributed by atoms with Crippen molar-refractivity contribution in [3.8, 4) is 0 Å². The Balaban J connectivity index is 2.18. The lowest BCUT2D eigenvalue weighted by Crippen LogP contribution is -2.45. The van der Waals surface area contributed by atoms with Gasteiger partial charge in [-0.3, -0.25) is 5.10 Å². The Morgan fingerprint density at radius 3 is 2.83 bits per heavy atom. The maximum atomic E-state index is 12.3. The molecule has 0 amide bonds. The fourth-order valence-electron chi connectivity index (χ4n) is 2.13. The summed E-state index contributed by atoms with van der Waals surface area (Å²) in [7, 11) is -2.13. The maximum Gasteiger partial charge on any atom is 0.246 e. The third kappa shape index (κ3) is 2.41. The summed E-state index contributed by atoms with van der Waals surface area (Å²) in [4.78, 5) is 0.152. The van der Waals surface area contributed by atoms with Crippen LogP contribution in [0.5, 0.6) is 0 Å². The Bertz CT molecular complexity index is 519. The molecule has 0 saturated carbocycles. The molecule has 2 heterocycles. The summed E-state index contributed by atoms with van der Waals surface area (Å²) in [6.07, 6.45) is 1.84. The summed E-state index contributed by atoms with van der Waals surface area (Å²) < 4.78 is 25.7. The van der Waals surface area contributed by atoms with Crippen LogP contribution in [0.2, 0.25) is 0 Å². The Morgan fingerprint density at radius 1 is 1.61 bits per heavy atom. The molecule has 8 heteroatoms. The van der Waals surface area contributed by atoms with E-state index in [1.165, 1.54) is 17.5 Å². The van der Waals surface area contributed by atoms with E-state index in [9.17, 15) is 13.5 Å². The fraction of sp³-hybridized carbons (Fsp3) is 0.700. The average molecular weight is 274 g/mol. The summed E-state index contributed by atoms with van der Waals surface area (Å²) in [5.41, 5.74) is -0.488. The van der Waals surface area contributed by atoms with E-state index in [1.54, 1.807) is 6.92 Å². The van der Waals surface area contributed by atoms with E-state index in [1.807, 2.05) is 0 Å². The molecule has 1 aromatic rings. The minimum Gasteiger partial charge on any atom is -0.387 e. The van der Waals surface area contributed by atoms with Crippen LogP contribution in [-0.4, -0.2) is 60.3 Å². The number of likely N-dealkylation sites (N-methyl/N-ethyl adjacent to an activating group) is 1. The van der Waals surface area contributed by atoms with E-state index < -0.39 is 15.6 Å². The Labute approximate surface area is 106 Å². The first-order valence-electron chi connectivity index (χ1n) is 5.75. The Kier molecular flexibility index (Phi) is 3.45. The summed E-state index contributed by atoms with van der Waals surface area (Å²) >= 11 is 0. The van der Waals surface area contributed by atoms with E-state index in [2.05, 4.69) is 15.5 Å². The molecule has 1 aliphatic rings. The molecule has 1 aromatic heterocycles. The predicted molar refractivity (Wildman–Crippen MR) is 65.6 cm³/mol. The van der Waals surface area contributed by atoms with E-state index in [-0.39, 0.29) is 11.4 Å². The second-order valence-corrected chi connectivity index (χ2v) is 6.78. The molecule has 1 fully saturated rings. The number of rotatable bonds is 4.